The van der Waals surface area contributed by atoms with E-state index in [0.717, 1.165) is 11.5 Å². The van der Waals surface area contributed by atoms with Gasteiger partial charge in [-0.05, 0) is 18.0 Å². The Morgan fingerprint density at radius 2 is 2.06 bits per heavy atom. The van der Waals surface area contributed by atoms with E-state index in [2.05, 4.69) is 14.9 Å². The first-order valence-electron chi connectivity index (χ1n) is 5.05. The lowest BCUT2D eigenvalue weighted by molar-refractivity contribution is -0.135. The lowest BCUT2D eigenvalue weighted by atomic mass is 10.2. The van der Waals surface area contributed by atoms with Crippen LogP contribution in [0.15, 0.2) is 0 Å². The summed E-state index contributed by atoms with van der Waals surface area (Å²) in [6.45, 7) is 1.65. The largest absolute Gasteiger partial charge is 0.319 e. The molecule has 0 bridgehead atoms. The molecule has 0 aliphatic carbocycles. The summed E-state index contributed by atoms with van der Waals surface area (Å²) in [5, 5.41) is 5.96. The zero-order chi connectivity index (χ0) is 12.4. The van der Waals surface area contributed by atoms with Crippen molar-refractivity contribution in [1.82, 2.24) is 19.8 Å². The number of carbonyl (C=O) groups is 3. The molecule has 17 heavy (non-hydrogen) atoms. The monoisotopic (exact) mass is 254 g/mol. The summed E-state index contributed by atoms with van der Waals surface area (Å²) >= 11 is 0.983. The third-order valence-electron chi connectivity index (χ3n) is 2.32. The van der Waals surface area contributed by atoms with E-state index in [0.29, 0.717) is 17.0 Å². The van der Waals surface area contributed by atoms with Crippen LogP contribution >= 0.6 is 11.5 Å². The van der Waals surface area contributed by atoms with Crippen LogP contribution in [0, 0.1) is 0 Å². The summed E-state index contributed by atoms with van der Waals surface area (Å²) in [5.74, 6) is -1.30. The molecule has 3 amide bonds. The molecular weight excluding hydrogens is 244 g/mol. The Bertz CT molecular complexity index is 468. The number of hydrogen-bond acceptors (Lipinski definition) is 6. The molecule has 0 atom stereocenters. The van der Waals surface area contributed by atoms with Crippen molar-refractivity contribution >= 4 is 29.3 Å². The van der Waals surface area contributed by atoms with Gasteiger partial charge in [0.15, 0.2) is 0 Å². The molecule has 1 aliphatic rings. The van der Waals surface area contributed by atoms with E-state index in [9.17, 15) is 14.4 Å². The van der Waals surface area contributed by atoms with Gasteiger partial charge in [-0.1, -0.05) is 11.4 Å². The number of nitrogens with one attached hydrogen (secondary N) is 1. The maximum Gasteiger partial charge on any atom is 0.268 e. The smallest absolute Gasteiger partial charge is 0.268 e. The topological polar surface area (TPSA) is 92.3 Å². The number of imide groups is 1. The van der Waals surface area contributed by atoms with Crippen molar-refractivity contribution < 1.29 is 14.4 Å². The van der Waals surface area contributed by atoms with Gasteiger partial charge in [0.05, 0.1) is 5.69 Å². The van der Waals surface area contributed by atoms with Gasteiger partial charge < -0.3 is 4.90 Å². The first-order chi connectivity index (χ1) is 8.11. The normalized spacial score (nSPS) is 15.9. The van der Waals surface area contributed by atoms with Gasteiger partial charge >= 0.3 is 0 Å². The number of piperazine rings is 1. The van der Waals surface area contributed by atoms with Crippen LogP contribution < -0.4 is 5.32 Å². The fourth-order valence-corrected chi connectivity index (χ4v) is 2.25. The third-order valence-corrected chi connectivity index (χ3v) is 3.08. The molecule has 2 heterocycles. The Balaban J connectivity index is 2.20. The summed E-state index contributed by atoms with van der Waals surface area (Å²) in [6, 6.07) is 0. The van der Waals surface area contributed by atoms with Crippen LogP contribution in [0.25, 0.3) is 0 Å². The maximum absolute atomic E-state index is 12.1. The van der Waals surface area contributed by atoms with E-state index in [1.807, 2.05) is 6.92 Å². The van der Waals surface area contributed by atoms with Crippen LogP contribution in [-0.4, -0.2) is 45.3 Å². The summed E-state index contributed by atoms with van der Waals surface area (Å²) in [7, 11) is 0. The molecular formula is C9H10N4O3S. The Kier molecular flexibility index (Phi) is 3.14. The van der Waals surface area contributed by atoms with E-state index in [1.165, 1.54) is 4.90 Å². The van der Waals surface area contributed by atoms with Gasteiger partial charge in [0, 0.05) is 0 Å². The molecule has 7 nitrogen and oxygen atoms in total. The SMILES string of the molecule is CCc1nnsc1C(=O)N1CC(=O)NC(=O)C1. The van der Waals surface area contributed by atoms with Gasteiger partial charge in [0.2, 0.25) is 11.8 Å². The first kappa shape index (κ1) is 11.6. The molecule has 1 aromatic rings. The molecule has 2 rings (SSSR count). The fraction of sp³-hybridized carbons (Fsp3) is 0.444. The van der Waals surface area contributed by atoms with Crippen molar-refractivity contribution in [2.45, 2.75) is 13.3 Å². The molecule has 0 saturated carbocycles. The molecule has 0 unspecified atom stereocenters. The molecule has 0 radical (unpaired) electrons. The number of hydrogen-bond donors (Lipinski definition) is 1. The highest BCUT2D eigenvalue weighted by Gasteiger charge is 2.29. The first-order valence-corrected chi connectivity index (χ1v) is 5.82. The van der Waals surface area contributed by atoms with Gasteiger partial charge in [-0.25, -0.2) is 0 Å². The van der Waals surface area contributed by atoms with Crippen molar-refractivity contribution in [3.8, 4) is 0 Å². The van der Waals surface area contributed by atoms with Gasteiger partial charge in [0.25, 0.3) is 5.91 Å². The van der Waals surface area contributed by atoms with E-state index in [1.54, 1.807) is 0 Å². The summed E-state index contributed by atoms with van der Waals surface area (Å²) < 4.78 is 3.71. The van der Waals surface area contributed by atoms with Gasteiger partial charge in [-0.2, -0.15) is 0 Å². The van der Waals surface area contributed by atoms with Crippen molar-refractivity contribution in [3.05, 3.63) is 10.6 Å². The standard InChI is InChI=1S/C9H10N4O3S/c1-2-5-8(17-12-11-5)9(16)13-3-6(14)10-7(15)4-13/h2-4H2,1H3,(H,10,14,15). The Hall–Kier alpha value is -1.83. The molecule has 1 saturated heterocycles. The number of aryl methyl sites for hydroxylation is 1. The minimum Gasteiger partial charge on any atom is -0.319 e. The van der Waals surface area contributed by atoms with Crippen LogP contribution in [0.4, 0.5) is 0 Å². The highest BCUT2D eigenvalue weighted by atomic mass is 32.1. The second-order valence-electron chi connectivity index (χ2n) is 3.53. The van der Waals surface area contributed by atoms with E-state index in [4.69, 9.17) is 0 Å². The van der Waals surface area contributed by atoms with Crippen molar-refractivity contribution in [2.24, 2.45) is 0 Å². The van der Waals surface area contributed by atoms with Crippen LogP contribution in [0.1, 0.15) is 22.3 Å². The minimum atomic E-state index is -0.467. The van der Waals surface area contributed by atoms with Crippen LogP contribution in [0.2, 0.25) is 0 Å². The van der Waals surface area contributed by atoms with Gasteiger partial charge in [0.1, 0.15) is 18.0 Å². The predicted molar refractivity (Wildman–Crippen MR) is 58.3 cm³/mol. The Labute approximate surface area is 101 Å². The second-order valence-corrected chi connectivity index (χ2v) is 4.29. The molecule has 90 valence electrons. The molecule has 1 fully saturated rings. The number of amides is 3. The van der Waals surface area contributed by atoms with E-state index >= 15 is 0 Å². The number of carbonyl (C=O) groups excluding carboxylic acids is 3. The third kappa shape index (κ3) is 2.31. The van der Waals surface area contributed by atoms with Gasteiger partial charge in [-0.3, -0.25) is 19.7 Å². The molecule has 1 aliphatic heterocycles. The van der Waals surface area contributed by atoms with Crippen molar-refractivity contribution in [1.29, 1.82) is 0 Å². The zero-order valence-electron chi connectivity index (χ0n) is 9.10. The number of nitrogens with zero attached hydrogens (tertiary/aromatic N) is 3. The zero-order valence-corrected chi connectivity index (χ0v) is 9.91. The van der Waals surface area contributed by atoms with E-state index < -0.39 is 11.8 Å². The molecule has 0 spiro atoms. The van der Waals surface area contributed by atoms with Gasteiger partial charge in [-0.15, -0.1) is 5.10 Å². The molecule has 1 N–H and O–H groups in total. The summed E-state index contributed by atoms with van der Waals surface area (Å²) in [4.78, 5) is 36.0. The Morgan fingerprint density at radius 1 is 1.41 bits per heavy atom. The highest BCUT2D eigenvalue weighted by Crippen LogP contribution is 2.14. The Morgan fingerprint density at radius 3 is 2.65 bits per heavy atom. The highest BCUT2D eigenvalue weighted by molar-refractivity contribution is 7.08. The second kappa shape index (κ2) is 4.58. The summed E-state index contributed by atoms with van der Waals surface area (Å²) in [5.41, 5.74) is 0.596. The number of aromatic nitrogens is 2. The average molecular weight is 254 g/mol. The maximum atomic E-state index is 12.1. The predicted octanol–water partition coefficient (Wildman–Crippen LogP) is -0.801. The molecule has 0 aromatic carbocycles. The summed E-state index contributed by atoms with van der Waals surface area (Å²) in [6.07, 6.45) is 0.589. The quantitative estimate of drug-likeness (QED) is 0.697. The fourth-order valence-electron chi connectivity index (χ4n) is 1.53. The van der Waals surface area contributed by atoms with Crippen molar-refractivity contribution in [3.63, 3.8) is 0 Å². The van der Waals surface area contributed by atoms with E-state index in [-0.39, 0.29) is 19.0 Å². The van der Waals surface area contributed by atoms with Crippen LogP contribution in [0.5, 0.6) is 0 Å². The van der Waals surface area contributed by atoms with Crippen molar-refractivity contribution in [2.75, 3.05) is 13.1 Å². The minimum absolute atomic E-state index is 0.106. The lowest BCUT2D eigenvalue weighted by Crippen LogP contribution is -2.53. The molecule has 8 heteroatoms. The molecule has 1 aromatic heterocycles. The number of rotatable bonds is 2. The van der Waals surface area contributed by atoms with Crippen LogP contribution in [0.3, 0.4) is 0 Å². The lowest BCUT2D eigenvalue weighted by Gasteiger charge is -2.24. The average Bonchev–Trinajstić information content (AvgIpc) is 2.74. The van der Waals surface area contributed by atoms with Crippen LogP contribution in [-0.2, 0) is 16.0 Å².